The van der Waals surface area contributed by atoms with Crippen LogP contribution in [0.5, 0.6) is 0 Å². The van der Waals surface area contributed by atoms with Gasteiger partial charge in [-0.1, -0.05) is 29.4 Å². The van der Waals surface area contributed by atoms with Crippen molar-refractivity contribution in [3.63, 3.8) is 0 Å². The predicted molar refractivity (Wildman–Crippen MR) is 118 cm³/mol. The van der Waals surface area contributed by atoms with Crippen molar-refractivity contribution in [1.82, 2.24) is 15.4 Å². The molecule has 2 aromatic carbocycles. The van der Waals surface area contributed by atoms with E-state index in [0.29, 0.717) is 18.7 Å². The Balaban J connectivity index is 1.46. The molecule has 0 bridgehead atoms. The topological polar surface area (TPSA) is 75.4 Å². The molecule has 1 aromatic heterocycles. The number of piperidine rings is 1. The monoisotopic (exact) mass is 435 g/mol. The van der Waals surface area contributed by atoms with E-state index in [1.807, 2.05) is 32.0 Å². The van der Waals surface area contributed by atoms with Crippen LogP contribution in [-0.2, 0) is 11.3 Å². The largest absolute Gasteiger partial charge is 0.355 e. The van der Waals surface area contributed by atoms with Crippen LogP contribution in [-0.4, -0.2) is 34.5 Å². The molecule has 6 nitrogen and oxygen atoms in total. The van der Waals surface area contributed by atoms with Gasteiger partial charge in [-0.15, -0.1) is 0 Å². The van der Waals surface area contributed by atoms with Crippen molar-refractivity contribution in [3.05, 3.63) is 76.7 Å². The van der Waals surface area contributed by atoms with Crippen LogP contribution in [0.4, 0.5) is 4.39 Å². The molecule has 166 valence electrons. The van der Waals surface area contributed by atoms with Gasteiger partial charge < -0.3 is 14.7 Å². The Bertz CT molecular complexity index is 1120. The van der Waals surface area contributed by atoms with Crippen molar-refractivity contribution in [1.29, 1.82) is 0 Å². The van der Waals surface area contributed by atoms with Crippen molar-refractivity contribution in [3.8, 4) is 11.3 Å². The summed E-state index contributed by atoms with van der Waals surface area (Å²) in [6.45, 7) is 4.81. The number of nitrogens with zero attached hydrogens (tertiary/aromatic N) is 2. The van der Waals surface area contributed by atoms with E-state index in [1.54, 1.807) is 23.1 Å². The van der Waals surface area contributed by atoms with Crippen LogP contribution in [0.3, 0.4) is 0 Å². The molecular formula is C25H26FN3O3. The molecule has 1 N–H and O–H groups in total. The Morgan fingerprint density at radius 1 is 1.09 bits per heavy atom. The zero-order chi connectivity index (χ0) is 22.7. The minimum absolute atomic E-state index is 0.191. The molecule has 1 saturated heterocycles. The Labute approximate surface area is 186 Å². The fraction of sp³-hybridized carbons (Fsp3) is 0.320. The first kappa shape index (κ1) is 21.7. The molecule has 7 heteroatoms. The number of carbonyl (C=O) groups is 2. The number of hydrogen-bond donors (Lipinski definition) is 1. The van der Waals surface area contributed by atoms with E-state index in [-0.39, 0.29) is 29.9 Å². The Morgan fingerprint density at radius 2 is 1.88 bits per heavy atom. The van der Waals surface area contributed by atoms with Crippen LogP contribution >= 0.6 is 0 Å². The van der Waals surface area contributed by atoms with E-state index in [4.69, 9.17) is 4.52 Å². The van der Waals surface area contributed by atoms with Crippen molar-refractivity contribution in [2.24, 2.45) is 0 Å². The maximum absolute atomic E-state index is 13.2. The molecule has 3 aromatic rings. The lowest BCUT2D eigenvalue weighted by molar-refractivity contribution is -0.126. The van der Waals surface area contributed by atoms with Gasteiger partial charge in [0.05, 0.1) is 0 Å². The van der Waals surface area contributed by atoms with E-state index in [1.165, 1.54) is 17.7 Å². The molecule has 1 atom stereocenters. The highest BCUT2D eigenvalue weighted by Gasteiger charge is 2.34. The van der Waals surface area contributed by atoms with Crippen LogP contribution in [0, 0.1) is 19.7 Å². The first-order chi connectivity index (χ1) is 15.4. The maximum Gasteiger partial charge on any atom is 0.276 e. The highest BCUT2D eigenvalue weighted by Crippen LogP contribution is 2.25. The number of likely N-dealkylation sites (tertiary alicyclic amines) is 1. The van der Waals surface area contributed by atoms with Crippen LogP contribution in [0.25, 0.3) is 11.3 Å². The second kappa shape index (κ2) is 9.34. The van der Waals surface area contributed by atoms with Gasteiger partial charge in [0.1, 0.15) is 11.9 Å². The zero-order valence-corrected chi connectivity index (χ0v) is 18.2. The fourth-order valence-electron chi connectivity index (χ4n) is 3.91. The molecule has 0 radical (unpaired) electrons. The second-order valence-electron chi connectivity index (χ2n) is 8.23. The lowest BCUT2D eigenvalue weighted by Crippen LogP contribution is -2.51. The molecule has 2 amide bonds. The number of benzene rings is 2. The van der Waals surface area contributed by atoms with Crippen LogP contribution < -0.4 is 5.32 Å². The molecule has 2 heterocycles. The number of hydrogen-bond acceptors (Lipinski definition) is 4. The van der Waals surface area contributed by atoms with Gasteiger partial charge in [-0.05, 0) is 68.0 Å². The van der Waals surface area contributed by atoms with Crippen LogP contribution in [0.2, 0.25) is 0 Å². The minimum Gasteiger partial charge on any atom is -0.355 e. The summed E-state index contributed by atoms with van der Waals surface area (Å²) in [5, 5.41) is 6.85. The lowest BCUT2D eigenvalue weighted by atomic mass is 10.0. The number of amides is 2. The van der Waals surface area contributed by atoms with Crippen LogP contribution in [0.15, 0.2) is 53.1 Å². The third-order valence-corrected chi connectivity index (χ3v) is 5.97. The average Bonchev–Trinajstić information content (AvgIpc) is 3.30. The smallest absolute Gasteiger partial charge is 0.276 e. The zero-order valence-electron chi connectivity index (χ0n) is 18.2. The minimum atomic E-state index is -0.571. The lowest BCUT2D eigenvalue weighted by Gasteiger charge is -2.34. The van der Waals surface area contributed by atoms with E-state index in [2.05, 4.69) is 10.5 Å². The van der Waals surface area contributed by atoms with Gasteiger partial charge in [0.15, 0.2) is 11.5 Å². The second-order valence-corrected chi connectivity index (χ2v) is 8.23. The van der Waals surface area contributed by atoms with Crippen molar-refractivity contribution in [2.75, 3.05) is 6.54 Å². The number of rotatable bonds is 5. The fourth-order valence-corrected chi connectivity index (χ4v) is 3.91. The highest BCUT2D eigenvalue weighted by atomic mass is 19.1. The molecular weight excluding hydrogens is 409 g/mol. The van der Waals surface area contributed by atoms with Gasteiger partial charge in [0, 0.05) is 24.7 Å². The normalized spacial score (nSPS) is 16.1. The summed E-state index contributed by atoms with van der Waals surface area (Å²) in [4.78, 5) is 27.6. The quantitative estimate of drug-likeness (QED) is 0.644. The maximum atomic E-state index is 13.2. The molecule has 1 fully saturated rings. The summed E-state index contributed by atoms with van der Waals surface area (Å²) in [6.07, 6.45) is 2.28. The molecule has 1 aliphatic heterocycles. The number of carbonyl (C=O) groups excluding carboxylic acids is 2. The average molecular weight is 435 g/mol. The summed E-state index contributed by atoms with van der Waals surface area (Å²) in [5.74, 6) is -0.339. The number of aromatic nitrogens is 1. The molecule has 0 unspecified atom stereocenters. The first-order valence-corrected chi connectivity index (χ1v) is 10.8. The van der Waals surface area contributed by atoms with Crippen molar-refractivity contribution >= 4 is 11.8 Å². The van der Waals surface area contributed by atoms with Gasteiger partial charge in [0.25, 0.3) is 5.91 Å². The highest BCUT2D eigenvalue weighted by molar-refractivity contribution is 5.96. The van der Waals surface area contributed by atoms with Gasteiger partial charge in [-0.25, -0.2) is 4.39 Å². The van der Waals surface area contributed by atoms with Gasteiger partial charge in [-0.2, -0.15) is 0 Å². The summed E-state index contributed by atoms with van der Waals surface area (Å²) in [5.41, 5.74) is 4.14. The summed E-state index contributed by atoms with van der Waals surface area (Å²) >= 11 is 0. The summed E-state index contributed by atoms with van der Waals surface area (Å²) in [7, 11) is 0. The SMILES string of the molecule is Cc1ccc(-c2cc(C(=O)N3CCCC[C@H]3C(=O)NCc3ccc(F)cc3)no2)cc1C. The Hall–Kier alpha value is -3.48. The van der Waals surface area contributed by atoms with E-state index >= 15 is 0 Å². The number of halogens is 1. The molecule has 32 heavy (non-hydrogen) atoms. The van der Waals surface area contributed by atoms with E-state index in [9.17, 15) is 14.0 Å². The third kappa shape index (κ3) is 4.72. The van der Waals surface area contributed by atoms with Crippen molar-refractivity contribution < 1.29 is 18.5 Å². The molecule has 0 aliphatic carbocycles. The summed E-state index contributed by atoms with van der Waals surface area (Å²) < 4.78 is 18.5. The number of nitrogens with one attached hydrogen (secondary N) is 1. The summed E-state index contributed by atoms with van der Waals surface area (Å²) in [6, 6.07) is 13.0. The van der Waals surface area contributed by atoms with Gasteiger partial charge >= 0.3 is 0 Å². The van der Waals surface area contributed by atoms with E-state index in [0.717, 1.165) is 29.5 Å². The molecule has 0 saturated carbocycles. The van der Waals surface area contributed by atoms with Gasteiger partial charge in [-0.3, -0.25) is 9.59 Å². The first-order valence-electron chi connectivity index (χ1n) is 10.8. The predicted octanol–water partition coefficient (Wildman–Crippen LogP) is 4.41. The van der Waals surface area contributed by atoms with Gasteiger partial charge in [0.2, 0.25) is 5.91 Å². The Morgan fingerprint density at radius 3 is 2.62 bits per heavy atom. The standard InChI is InChI=1S/C25H26FN3O3/c1-16-6-9-19(13-17(16)2)23-14-21(28-32-23)25(31)29-12-4-3-5-22(29)24(30)27-15-18-7-10-20(26)11-8-18/h6-11,13-14,22H,3-5,12,15H2,1-2H3,(H,27,30)/t22-/m0/s1. The molecule has 1 aliphatic rings. The van der Waals surface area contributed by atoms with E-state index < -0.39 is 6.04 Å². The van der Waals surface area contributed by atoms with Crippen molar-refractivity contribution in [2.45, 2.75) is 45.7 Å². The third-order valence-electron chi connectivity index (χ3n) is 5.97. The van der Waals surface area contributed by atoms with Crippen LogP contribution in [0.1, 0.15) is 46.4 Å². The molecule has 4 rings (SSSR count). The Kier molecular flexibility index (Phi) is 6.35. The molecule has 0 spiro atoms. The number of aryl methyl sites for hydroxylation is 2.